The van der Waals surface area contributed by atoms with Crippen LogP contribution in [0.2, 0.25) is 0 Å². The van der Waals surface area contributed by atoms with Gasteiger partial charge in [0.05, 0.1) is 34.0 Å². The number of anilines is 1. The lowest BCUT2D eigenvalue weighted by Gasteiger charge is -2.18. The Labute approximate surface area is 252 Å². The molecule has 2 aromatic heterocycles. The van der Waals surface area contributed by atoms with Crippen molar-refractivity contribution < 1.29 is 29.7 Å². The van der Waals surface area contributed by atoms with E-state index in [-0.39, 0.29) is 25.5 Å². The maximum absolute atomic E-state index is 12.0. The summed E-state index contributed by atoms with van der Waals surface area (Å²) in [6, 6.07) is 9.66. The Morgan fingerprint density at radius 2 is 1.79 bits per heavy atom. The second kappa shape index (κ2) is 15.2. The number of hydrogen-bond donors (Lipinski definition) is 5. The van der Waals surface area contributed by atoms with Gasteiger partial charge in [-0.3, -0.25) is 20.0 Å². The molecule has 4 aromatic rings. The predicted molar refractivity (Wildman–Crippen MR) is 161 cm³/mol. The number of aliphatic hydroxyl groups excluding tert-OH is 2. The van der Waals surface area contributed by atoms with Crippen LogP contribution >= 0.6 is 11.3 Å². The fourth-order valence-corrected chi connectivity index (χ4v) is 6.16. The highest BCUT2D eigenvalue weighted by Crippen LogP contribution is 2.36. The number of nitriles is 1. The van der Waals surface area contributed by atoms with Gasteiger partial charge < -0.3 is 19.9 Å². The van der Waals surface area contributed by atoms with Crippen LogP contribution in [0.1, 0.15) is 20.3 Å². The molecule has 0 spiro atoms. The van der Waals surface area contributed by atoms with Gasteiger partial charge in [0, 0.05) is 20.1 Å². The number of benzene rings is 2. The van der Waals surface area contributed by atoms with Crippen molar-refractivity contribution in [1.29, 1.82) is 5.26 Å². The largest absolute Gasteiger partial charge is 0.744 e. The number of thiazole rings is 1. The van der Waals surface area contributed by atoms with Crippen molar-refractivity contribution in [3.05, 3.63) is 52.3 Å². The van der Waals surface area contributed by atoms with E-state index in [1.807, 2.05) is 4.90 Å². The zero-order valence-electron chi connectivity index (χ0n) is 23.2. The number of azo groups is 1. The zero-order chi connectivity index (χ0) is 31.6. The maximum Gasteiger partial charge on any atom is 0.284 e. The van der Waals surface area contributed by atoms with E-state index in [9.17, 15) is 22.9 Å². The van der Waals surface area contributed by atoms with E-state index < -0.39 is 27.2 Å². The lowest BCUT2D eigenvalue weighted by molar-refractivity contribution is 0.161. The third-order valence-corrected chi connectivity index (χ3v) is 8.05. The molecule has 15 nitrogen and oxygen atoms in total. The minimum absolute atomic E-state index is 0. The topological polar surface area (TPSA) is 240 Å². The van der Waals surface area contributed by atoms with E-state index in [0.717, 1.165) is 24.3 Å². The van der Waals surface area contributed by atoms with Gasteiger partial charge in [-0.05, 0) is 55.8 Å². The molecule has 0 aliphatic carbocycles. The van der Waals surface area contributed by atoms with Crippen LogP contribution in [0.5, 0.6) is 5.88 Å². The van der Waals surface area contributed by atoms with E-state index in [0.29, 0.717) is 45.1 Å². The summed E-state index contributed by atoms with van der Waals surface area (Å²) in [5, 5.41) is 45.7. The van der Waals surface area contributed by atoms with E-state index in [1.165, 1.54) is 6.07 Å². The number of aromatic nitrogens is 3. The highest BCUT2D eigenvalue weighted by atomic mass is 32.2. The smallest absolute Gasteiger partial charge is 0.284 e. The number of hydrogen-bond acceptors (Lipinski definition) is 15. The van der Waals surface area contributed by atoms with Crippen molar-refractivity contribution in [3.8, 4) is 22.6 Å². The van der Waals surface area contributed by atoms with Crippen molar-refractivity contribution in [2.75, 3.05) is 38.2 Å². The number of H-pyrrole nitrogens is 1. The summed E-state index contributed by atoms with van der Waals surface area (Å²) in [6.45, 7) is 6.31. The predicted octanol–water partition coefficient (Wildman–Crippen LogP) is 3.20. The van der Waals surface area contributed by atoms with Crippen molar-refractivity contribution in [3.63, 3.8) is 0 Å². The first-order valence-corrected chi connectivity index (χ1v) is 15.1. The van der Waals surface area contributed by atoms with Crippen molar-refractivity contribution in [1.82, 2.24) is 19.9 Å². The number of aliphatic hydroxyl groups is 2. The quantitative estimate of drug-likeness (QED) is 0.0694. The maximum atomic E-state index is 12.0. The molecule has 5 N–H and O–H groups in total. The fourth-order valence-electron chi connectivity index (χ4n) is 3.87. The third-order valence-electron chi connectivity index (χ3n) is 5.76. The standard InChI is InChI=1S/C19H13N7O5S2.C7H17NO2.H2/c1-9-2-7-12-14(15(9)33(29,30)31)32-18(22-12)10-3-5-11(6-4-10)25-26-13-16(27)23-19(21-8-20)24-17(13)28;1-2-3-8(4-6-9)5-7-10;/h2-7H,1H3,(H,29,30,31)(H3,21,23,24,27,28);9-10H,2-7H2,1H3;1H/p-1. The molecule has 230 valence electrons. The van der Waals surface area contributed by atoms with Crippen molar-refractivity contribution in [2.45, 2.75) is 25.2 Å². The molecule has 17 heteroatoms. The summed E-state index contributed by atoms with van der Waals surface area (Å²) in [5.41, 5.74) is 0.515. The lowest BCUT2D eigenvalue weighted by atomic mass is 10.2. The van der Waals surface area contributed by atoms with Gasteiger partial charge in [0.2, 0.25) is 17.5 Å². The summed E-state index contributed by atoms with van der Waals surface area (Å²) < 4.78 is 35.3. The molecule has 0 atom stereocenters. The molecule has 0 radical (unpaired) electrons. The van der Waals surface area contributed by atoms with Gasteiger partial charge in [0.25, 0.3) is 5.56 Å². The SMILES string of the molecule is CCCN(CCO)CCO.Cc1ccc2nc(-c3ccc(N=Nc4c(O)nc(NC#N)[nH]c4=O)cc3)sc2c1S(=O)(=O)[O-].[HH]. The van der Waals surface area contributed by atoms with Crippen LogP contribution in [0.3, 0.4) is 0 Å². The van der Waals surface area contributed by atoms with Gasteiger partial charge in [-0.15, -0.1) is 16.5 Å². The molecule has 0 amide bonds. The Bertz CT molecular complexity index is 1770. The molecular formula is C26H31N8O7S2-. The van der Waals surface area contributed by atoms with Gasteiger partial charge in [-0.2, -0.15) is 15.4 Å². The van der Waals surface area contributed by atoms with Gasteiger partial charge in [-0.1, -0.05) is 13.0 Å². The van der Waals surface area contributed by atoms with Gasteiger partial charge in [-0.25, -0.2) is 13.4 Å². The Kier molecular flexibility index (Phi) is 11.8. The first kappa shape index (κ1) is 33.2. The molecule has 0 aliphatic rings. The molecule has 0 saturated heterocycles. The molecule has 0 saturated carbocycles. The minimum Gasteiger partial charge on any atom is -0.744 e. The number of rotatable bonds is 11. The number of aromatic hydroxyl groups is 1. The molecule has 0 unspecified atom stereocenters. The van der Waals surface area contributed by atoms with Crippen molar-refractivity contribution in [2.24, 2.45) is 10.2 Å². The highest BCUT2D eigenvalue weighted by Gasteiger charge is 2.16. The average molecular weight is 632 g/mol. The molecule has 4 rings (SSSR count). The van der Waals surface area contributed by atoms with Crippen LogP contribution in [-0.2, 0) is 10.1 Å². The second-order valence-electron chi connectivity index (χ2n) is 8.89. The molecule has 2 aromatic carbocycles. The van der Waals surface area contributed by atoms with Crippen LogP contribution in [0, 0.1) is 18.4 Å². The molecule has 43 heavy (non-hydrogen) atoms. The molecular weight excluding hydrogens is 600 g/mol. The summed E-state index contributed by atoms with van der Waals surface area (Å²) in [7, 11) is -4.66. The fraction of sp³-hybridized carbons (Fsp3) is 0.308. The van der Waals surface area contributed by atoms with Crippen molar-refractivity contribution >= 4 is 49.0 Å². The van der Waals surface area contributed by atoms with E-state index in [2.05, 4.69) is 37.4 Å². The summed E-state index contributed by atoms with van der Waals surface area (Å²) in [6.07, 6.45) is 2.63. The first-order valence-electron chi connectivity index (χ1n) is 12.8. The van der Waals surface area contributed by atoms with Crippen LogP contribution in [-0.4, -0.2) is 81.0 Å². The second-order valence-corrected chi connectivity index (χ2v) is 11.2. The molecule has 0 bridgehead atoms. The molecule has 2 heterocycles. The first-order chi connectivity index (χ1) is 20.5. The van der Waals surface area contributed by atoms with Crippen LogP contribution in [0.4, 0.5) is 17.3 Å². The summed E-state index contributed by atoms with van der Waals surface area (Å²) in [4.78, 5) is 24.0. The Balaban J connectivity index is 0.000000531. The van der Waals surface area contributed by atoms with Crippen LogP contribution in [0.25, 0.3) is 20.8 Å². The van der Waals surface area contributed by atoms with Crippen LogP contribution in [0.15, 0.2) is 56.3 Å². The third kappa shape index (κ3) is 8.84. The molecule has 0 fully saturated rings. The average Bonchev–Trinajstić information content (AvgIpc) is 3.37. The monoisotopic (exact) mass is 631 g/mol. The number of nitrogens with zero attached hydrogens (tertiary/aromatic N) is 6. The minimum atomic E-state index is -4.66. The Morgan fingerprint density at radius 1 is 1.12 bits per heavy atom. The zero-order valence-corrected chi connectivity index (χ0v) is 24.8. The van der Waals surface area contributed by atoms with Gasteiger partial charge in [0.1, 0.15) is 15.1 Å². The highest BCUT2D eigenvalue weighted by molar-refractivity contribution is 7.86. The lowest BCUT2D eigenvalue weighted by Crippen LogP contribution is -2.30. The number of nitrogens with one attached hydrogen (secondary N) is 2. The number of aryl methyl sites for hydroxylation is 1. The number of aromatic amines is 1. The van der Waals surface area contributed by atoms with Gasteiger partial charge in [0.15, 0.2) is 6.19 Å². The van der Waals surface area contributed by atoms with E-state index >= 15 is 0 Å². The van der Waals surface area contributed by atoms with Crippen LogP contribution < -0.4 is 10.9 Å². The Morgan fingerprint density at radius 3 is 2.35 bits per heavy atom. The molecule has 0 aliphatic heterocycles. The Hall–Kier alpha value is -4.31. The normalized spacial score (nSPS) is 11.5. The summed E-state index contributed by atoms with van der Waals surface area (Å²) in [5.74, 6) is -0.937. The van der Waals surface area contributed by atoms with E-state index in [4.69, 9.17) is 15.5 Å². The number of fused-ring (bicyclic) bond motifs is 1. The summed E-state index contributed by atoms with van der Waals surface area (Å²) >= 11 is 1.08. The van der Waals surface area contributed by atoms with Gasteiger partial charge >= 0.3 is 0 Å². The van der Waals surface area contributed by atoms with E-state index in [1.54, 1.807) is 43.4 Å².